The lowest BCUT2D eigenvalue weighted by atomic mass is 10.1. The Labute approximate surface area is 307 Å². The van der Waals surface area contributed by atoms with Crippen LogP contribution in [-0.4, -0.2) is 41.6 Å². The molecule has 2 unspecified atom stereocenters. The molecule has 0 saturated carbocycles. The number of esters is 1. The summed E-state index contributed by atoms with van der Waals surface area (Å²) < 4.78 is 5.89. The minimum Gasteiger partial charge on any atom is -0.480 e. The van der Waals surface area contributed by atoms with Crippen LogP contribution in [0.1, 0.15) is 187 Å². The molecule has 0 radical (unpaired) electrons. The van der Waals surface area contributed by atoms with E-state index < -0.39 is 12.0 Å². The van der Waals surface area contributed by atoms with E-state index in [0.717, 1.165) is 77.0 Å². The van der Waals surface area contributed by atoms with Gasteiger partial charge in [0.2, 0.25) is 5.91 Å². The Kier molecular flexibility index (Phi) is 35.6. The molecule has 4 N–H and O–H groups in total. The van der Waals surface area contributed by atoms with E-state index in [-0.39, 0.29) is 18.0 Å². The number of unbranched alkanes of at least 4 members (excludes halogenated alkanes) is 16. The second kappa shape index (κ2) is 37.6. The molecular weight excluding hydrogens is 624 g/mol. The van der Waals surface area contributed by atoms with Crippen molar-refractivity contribution in [3.05, 3.63) is 48.6 Å². The molecule has 7 nitrogen and oxygen atoms in total. The van der Waals surface area contributed by atoms with Crippen LogP contribution in [0.4, 0.5) is 0 Å². The number of amides is 1. The lowest BCUT2D eigenvalue weighted by molar-refractivity contribution is -0.147. The summed E-state index contributed by atoms with van der Waals surface area (Å²) in [7, 11) is 0. The molecule has 0 aliphatic carbocycles. The van der Waals surface area contributed by atoms with E-state index in [2.05, 4.69) is 67.8 Å². The first-order valence-electron chi connectivity index (χ1n) is 20.5. The molecule has 0 aromatic rings. The number of allylic oxidation sites excluding steroid dienone is 7. The van der Waals surface area contributed by atoms with Crippen molar-refractivity contribution in [2.45, 2.75) is 199 Å². The van der Waals surface area contributed by atoms with Gasteiger partial charge in [-0.05, 0) is 103 Å². The summed E-state index contributed by atoms with van der Waals surface area (Å²) in [5.74, 6) is -1.35. The fraction of sp³-hybridized carbons (Fsp3) is 0.744. The second-order valence-corrected chi connectivity index (χ2v) is 13.7. The molecular formula is C43H76N2O5. The molecule has 0 aliphatic rings. The number of carboxylic acids is 1. The zero-order valence-electron chi connectivity index (χ0n) is 32.2. The van der Waals surface area contributed by atoms with Crippen LogP contribution in [0, 0.1) is 0 Å². The molecule has 0 heterocycles. The van der Waals surface area contributed by atoms with E-state index in [4.69, 9.17) is 10.5 Å². The van der Waals surface area contributed by atoms with Gasteiger partial charge in [0.1, 0.15) is 12.1 Å². The van der Waals surface area contributed by atoms with Crippen LogP contribution >= 0.6 is 0 Å². The van der Waals surface area contributed by atoms with Gasteiger partial charge in [-0.15, -0.1) is 0 Å². The number of carbonyl (C=O) groups excluding carboxylic acids is 2. The van der Waals surface area contributed by atoms with Crippen LogP contribution in [0.5, 0.6) is 0 Å². The molecule has 0 aromatic carbocycles. The molecule has 0 rings (SSSR count). The number of aliphatic carboxylic acids is 1. The van der Waals surface area contributed by atoms with Crippen LogP contribution in [0.3, 0.4) is 0 Å². The third kappa shape index (κ3) is 33.8. The highest BCUT2D eigenvalue weighted by atomic mass is 16.5. The minimum absolute atomic E-state index is 0.105. The van der Waals surface area contributed by atoms with Crippen LogP contribution in [0.25, 0.3) is 0 Å². The SMILES string of the molecule is CCCCC/C=C\C/C=C\C/C=C\CCCCCCCCC(=O)OC(/C=C\CCCCCC)CCCCCCC(=O)NC(CCCN)C(=O)O. The predicted octanol–water partition coefficient (Wildman–Crippen LogP) is 11.2. The topological polar surface area (TPSA) is 119 Å². The molecule has 2 atom stereocenters. The maximum atomic E-state index is 12.7. The van der Waals surface area contributed by atoms with Crippen molar-refractivity contribution in [1.29, 1.82) is 0 Å². The van der Waals surface area contributed by atoms with E-state index in [1.807, 2.05) is 0 Å². The molecule has 0 aromatic heterocycles. The number of rotatable bonds is 36. The predicted molar refractivity (Wildman–Crippen MR) is 211 cm³/mol. The van der Waals surface area contributed by atoms with Crippen molar-refractivity contribution in [3.63, 3.8) is 0 Å². The van der Waals surface area contributed by atoms with Gasteiger partial charge in [-0.2, -0.15) is 0 Å². The molecule has 0 saturated heterocycles. The van der Waals surface area contributed by atoms with Gasteiger partial charge in [-0.1, -0.05) is 127 Å². The zero-order chi connectivity index (χ0) is 36.8. The fourth-order valence-corrected chi connectivity index (χ4v) is 5.72. The fourth-order valence-electron chi connectivity index (χ4n) is 5.72. The molecule has 0 aliphatic heterocycles. The van der Waals surface area contributed by atoms with E-state index in [1.54, 1.807) is 0 Å². The van der Waals surface area contributed by atoms with Gasteiger partial charge in [-0.25, -0.2) is 4.79 Å². The highest BCUT2D eigenvalue weighted by molar-refractivity contribution is 5.83. The smallest absolute Gasteiger partial charge is 0.326 e. The first-order chi connectivity index (χ1) is 24.4. The minimum atomic E-state index is -1.02. The van der Waals surface area contributed by atoms with E-state index in [9.17, 15) is 19.5 Å². The summed E-state index contributed by atoms with van der Waals surface area (Å²) in [6.45, 7) is 4.86. The van der Waals surface area contributed by atoms with Crippen molar-refractivity contribution in [2.24, 2.45) is 5.73 Å². The van der Waals surface area contributed by atoms with Crippen molar-refractivity contribution in [2.75, 3.05) is 6.54 Å². The van der Waals surface area contributed by atoms with Gasteiger partial charge < -0.3 is 20.9 Å². The number of hydrogen-bond donors (Lipinski definition) is 3. The van der Waals surface area contributed by atoms with Gasteiger partial charge in [0.15, 0.2) is 0 Å². The summed E-state index contributed by atoms with van der Waals surface area (Å²) in [5.41, 5.74) is 5.47. The van der Waals surface area contributed by atoms with Crippen LogP contribution in [0.2, 0.25) is 0 Å². The standard InChI is InChI=1S/C43H76N2O5/c1-3-5-7-9-11-12-13-14-15-16-17-18-19-20-21-22-23-25-31-37-42(47)50-39(33-28-24-10-8-6-4-2)34-29-26-27-30-36-41(46)45-40(43(48)49)35-32-38-44/h11-12,14-15,17-18,28,33,39-40H,3-10,13,16,19-27,29-32,34-38,44H2,1-2H3,(H,45,46)(H,48,49)/b12-11-,15-14-,18-17-,33-28-. The summed E-state index contributed by atoms with van der Waals surface area (Å²) in [6.07, 6.45) is 44.6. The quantitative estimate of drug-likeness (QED) is 0.0340. The lowest BCUT2D eigenvalue weighted by Crippen LogP contribution is -2.40. The number of nitrogens with one attached hydrogen (secondary N) is 1. The Morgan fingerprint density at radius 1 is 0.600 bits per heavy atom. The van der Waals surface area contributed by atoms with E-state index in [0.29, 0.717) is 38.6 Å². The number of nitrogens with two attached hydrogens (primary N) is 1. The Hall–Kier alpha value is -2.67. The summed E-state index contributed by atoms with van der Waals surface area (Å²) in [5, 5.41) is 11.9. The third-order valence-corrected chi connectivity index (χ3v) is 8.85. The van der Waals surface area contributed by atoms with Gasteiger partial charge in [0.05, 0.1) is 0 Å². The van der Waals surface area contributed by atoms with Gasteiger partial charge in [0, 0.05) is 12.8 Å². The molecule has 7 heteroatoms. The van der Waals surface area contributed by atoms with Crippen molar-refractivity contribution < 1.29 is 24.2 Å². The zero-order valence-corrected chi connectivity index (χ0v) is 32.2. The van der Waals surface area contributed by atoms with E-state index in [1.165, 1.54) is 64.2 Å². The van der Waals surface area contributed by atoms with E-state index >= 15 is 0 Å². The highest BCUT2D eigenvalue weighted by Gasteiger charge is 2.19. The molecule has 288 valence electrons. The average Bonchev–Trinajstić information content (AvgIpc) is 3.10. The Morgan fingerprint density at radius 3 is 1.72 bits per heavy atom. The average molecular weight is 701 g/mol. The largest absolute Gasteiger partial charge is 0.480 e. The Bertz CT molecular complexity index is 926. The van der Waals surface area contributed by atoms with Crippen molar-refractivity contribution in [3.8, 4) is 0 Å². The highest BCUT2D eigenvalue weighted by Crippen LogP contribution is 2.15. The monoisotopic (exact) mass is 701 g/mol. The van der Waals surface area contributed by atoms with Gasteiger partial charge in [0.25, 0.3) is 0 Å². The van der Waals surface area contributed by atoms with Crippen molar-refractivity contribution in [1.82, 2.24) is 5.32 Å². The summed E-state index contributed by atoms with van der Waals surface area (Å²) in [6, 6.07) is -0.872. The Morgan fingerprint density at radius 2 is 1.10 bits per heavy atom. The van der Waals surface area contributed by atoms with Gasteiger partial charge >= 0.3 is 11.9 Å². The van der Waals surface area contributed by atoms with Crippen LogP contribution in [0.15, 0.2) is 48.6 Å². The van der Waals surface area contributed by atoms with Crippen molar-refractivity contribution >= 4 is 17.8 Å². The molecule has 0 fully saturated rings. The molecule has 1 amide bonds. The van der Waals surface area contributed by atoms with Crippen LogP contribution in [-0.2, 0) is 19.1 Å². The third-order valence-electron chi connectivity index (χ3n) is 8.85. The molecule has 0 spiro atoms. The van der Waals surface area contributed by atoms with Crippen LogP contribution < -0.4 is 11.1 Å². The summed E-state index contributed by atoms with van der Waals surface area (Å²) in [4.78, 5) is 36.2. The number of carboxylic acid groups (broad SMARTS) is 1. The summed E-state index contributed by atoms with van der Waals surface area (Å²) >= 11 is 0. The normalized spacial score (nSPS) is 13.2. The Balaban J connectivity index is 4.18. The first-order valence-corrected chi connectivity index (χ1v) is 20.5. The van der Waals surface area contributed by atoms with Gasteiger partial charge in [-0.3, -0.25) is 9.59 Å². The number of ether oxygens (including phenoxy) is 1. The second-order valence-electron chi connectivity index (χ2n) is 13.7. The molecule has 0 bridgehead atoms. The lowest BCUT2D eigenvalue weighted by Gasteiger charge is -2.15. The maximum Gasteiger partial charge on any atom is 0.326 e. The molecule has 50 heavy (non-hydrogen) atoms. The maximum absolute atomic E-state index is 12.7. The number of carbonyl (C=O) groups is 3. The number of hydrogen-bond acceptors (Lipinski definition) is 5. The first kappa shape index (κ1) is 47.3.